The maximum atomic E-state index is 12.6. The Hall–Kier alpha value is -3.42. The van der Waals surface area contributed by atoms with Gasteiger partial charge in [0.15, 0.2) is 0 Å². The van der Waals surface area contributed by atoms with Crippen molar-refractivity contribution in [3.8, 4) is 0 Å². The van der Waals surface area contributed by atoms with E-state index in [1.807, 2.05) is 24.3 Å². The van der Waals surface area contributed by atoms with Crippen molar-refractivity contribution in [1.29, 1.82) is 0 Å². The van der Waals surface area contributed by atoms with E-state index in [1.165, 1.54) is 12.1 Å². The van der Waals surface area contributed by atoms with Crippen LogP contribution in [0.3, 0.4) is 0 Å². The lowest BCUT2D eigenvalue weighted by Gasteiger charge is -2.15. The van der Waals surface area contributed by atoms with Crippen molar-refractivity contribution in [3.63, 3.8) is 0 Å². The lowest BCUT2D eigenvalue weighted by Crippen LogP contribution is -2.43. The summed E-state index contributed by atoms with van der Waals surface area (Å²) in [6.45, 7) is 0. The number of halogens is 3. The molecule has 29 heavy (non-hydrogen) atoms. The first-order valence-electron chi connectivity index (χ1n) is 8.75. The smallest absolute Gasteiger partial charge is 0.416 e. The SMILES string of the molecule is O=C(Cc1ccc(C(F)(F)F)cc1)N[C@@H](Cc1ccc2ccccc2n1)C(=O)O. The van der Waals surface area contributed by atoms with Gasteiger partial charge in [0, 0.05) is 17.5 Å². The van der Waals surface area contributed by atoms with E-state index < -0.39 is 29.7 Å². The molecular formula is C21H17F3N2O3. The zero-order valence-electron chi connectivity index (χ0n) is 15.1. The first-order valence-corrected chi connectivity index (χ1v) is 8.75. The minimum atomic E-state index is -4.46. The van der Waals surface area contributed by atoms with Crippen LogP contribution in [0.4, 0.5) is 13.2 Å². The first kappa shape index (κ1) is 20.3. The highest BCUT2D eigenvalue weighted by Crippen LogP contribution is 2.29. The predicted octanol–water partition coefficient (Wildman–Crippen LogP) is 3.61. The Bertz CT molecular complexity index is 1030. The van der Waals surface area contributed by atoms with Gasteiger partial charge in [0.1, 0.15) is 6.04 Å². The number of pyridine rings is 1. The highest BCUT2D eigenvalue weighted by atomic mass is 19.4. The van der Waals surface area contributed by atoms with E-state index in [1.54, 1.807) is 12.1 Å². The third kappa shape index (κ3) is 5.31. The lowest BCUT2D eigenvalue weighted by atomic mass is 10.1. The first-order chi connectivity index (χ1) is 13.7. The fourth-order valence-corrected chi connectivity index (χ4v) is 2.87. The summed E-state index contributed by atoms with van der Waals surface area (Å²) in [5, 5.41) is 12.7. The van der Waals surface area contributed by atoms with Gasteiger partial charge in [-0.1, -0.05) is 36.4 Å². The van der Waals surface area contributed by atoms with Gasteiger partial charge in [-0.2, -0.15) is 13.2 Å². The standard InChI is InChI=1S/C21H17F3N2O3/c22-21(23,24)15-8-5-13(6-9-15)11-19(27)26-18(20(28)29)12-16-10-7-14-3-1-2-4-17(14)25-16/h1-10,18H,11-12H2,(H,26,27)(H,28,29)/t18-/m0/s1. The highest BCUT2D eigenvalue weighted by molar-refractivity contribution is 5.85. The fraction of sp³-hybridized carbons (Fsp3) is 0.190. The van der Waals surface area contributed by atoms with Crippen molar-refractivity contribution < 1.29 is 27.9 Å². The zero-order valence-corrected chi connectivity index (χ0v) is 15.1. The summed E-state index contributed by atoms with van der Waals surface area (Å²) in [5.74, 6) is -1.82. The van der Waals surface area contributed by atoms with Crippen molar-refractivity contribution in [2.45, 2.75) is 25.1 Å². The van der Waals surface area contributed by atoms with Gasteiger partial charge in [0.05, 0.1) is 17.5 Å². The Labute approximate surface area is 164 Å². The molecule has 0 saturated carbocycles. The molecule has 0 spiro atoms. The number of amides is 1. The van der Waals surface area contributed by atoms with Gasteiger partial charge in [0.25, 0.3) is 0 Å². The molecule has 2 N–H and O–H groups in total. The summed E-state index contributed by atoms with van der Waals surface area (Å²) >= 11 is 0. The maximum Gasteiger partial charge on any atom is 0.416 e. The number of nitrogens with zero attached hydrogens (tertiary/aromatic N) is 1. The van der Waals surface area contributed by atoms with Crippen LogP contribution in [0.2, 0.25) is 0 Å². The van der Waals surface area contributed by atoms with Gasteiger partial charge in [-0.15, -0.1) is 0 Å². The summed E-state index contributed by atoms with van der Waals surface area (Å²) in [5.41, 5.74) is 0.757. The number of carbonyl (C=O) groups is 2. The molecule has 3 aromatic rings. The van der Waals surface area contributed by atoms with Crippen molar-refractivity contribution in [3.05, 3.63) is 77.5 Å². The number of nitrogens with one attached hydrogen (secondary N) is 1. The second kappa shape index (κ2) is 8.30. The van der Waals surface area contributed by atoms with E-state index in [-0.39, 0.29) is 12.8 Å². The number of rotatable bonds is 6. The molecule has 8 heteroatoms. The number of aliphatic carboxylic acids is 1. The number of carboxylic acids is 1. The Kier molecular flexibility index (Phi) is 5.81. The second-order valence-corrected chi connectivity index (χ2v) is 6.53. The molecule has 1 heterocycles. The molecule has 0 radical (unpaired) electrons. The Morgan fingerprint density at radius 1 is 1.00 bits per heavy atom. The Morgan fingerprint density at radius 3 is 2.34 bits per heavy atom. The summed E-state index contributed by atoms with van der Waals surface area (Å²) in [6, 6.07) is 13.8. The van der Waals surface area contributed by atoms with Crippen molar-refractivity contribution in [2.75, 3.05) is 0 Å². The number of carboxylic acid groups (broad SMARTS) is 1. The molecule has 1 aromatic heterocycles. The van der Waals surface area contributed by atoms with Crippen molar-refractivity contribution in [2.24, 2.45) is 0 Å². The van der Waals surface area contributed by atoms with Crippen LogP contribution >= 0.6 is 0 Å². The van der Waals surface area contributed by atoms with E-state index >= 15 is 0 Å². The normalized spacial score (nSPS) is 12.5. The zero-order chi connectivity index (χ0) is 21.0. The average Bonchev–Trinajstić information content (AvgIpc) is 2.67. The van der Waals surface area contributed by atoms with Crippen LogP contribution in [0.25, 0.3) is 10.9 Å². The molecule has 2 aromatic carbocycles. The van der Waals surface area contributed by atoms with E-state index in [9.17, 15) is 27.9 Å². The van der Waals surface area contributed by atoms with Crippen molar-refractivity contribution in [1.82, 2.24) is 10.3 Å². The Morgan fingerprint density at radius 2 is 1.69 bits per heavy atom. The topological polar surface area (TPSA) is 79.3 Å². The highest BCUT2D eigenvalue weighted by Gasteiger charge is 2.30. The number of fused-ring (bicyclic) bond motifs is 1. The van der Waals surface area contributed by atoms with Gasteiger partial charge in [-0.25, -0.2) is 4.79 Å². The number of carbonyl (C=O) groups excluding carboxylic acids is 1. The average molecular weight is 402 g/mol. The summed E-state index contributed by atoms with van der Waals surface area (Å²) < 4.78 is 37.8. The maximum absolute atomic E-state index is 12.6. The van der Waals surface area contributed by atoms with Gasteiger partial charge < -0.3 is 10.4 Å². The van der Waals surface area contributed by atoms with Crippen LogP contribution in [0.5, 0.6) is 0 Å². The third-order valence-electron chi connectivity index (χ3n) is 4.35. The van der Waals surface area contributed by atoms with Crippen LogP contribution in [0.1, 0.15) is 16.8 Å². The summed E-state index contributed by atoms with van der Waals surface area (Å²) in [4.78, 5) is 28.1. The fourth-order valence-electron chi connectivity index (χ4n) is 2.87. The minimum Gasteiger partial charge on any atom is -0.480 e. The largest absolute Gasteiger partial charge is 0.480 e. The molecule has 1 atom stereocenters. The molecular weight excluding hydrogens is 385 g/mol. The minimum absolute atomic E-state index is 0.0150. The predicted molar refractivity (Wildman–Crippen MR) is 100 cm³/mol. The molecule has 0 fully saturated rings. The second-order valence-electron chi connectivity index (χ2n) is 6.53. The lowest BCUT2D eigenvalue weighted by molar-refractivity contribution is -0.141. The molecule has 0 aliphatic carbocycles. The van der Waals surface area contributed by atoms with E-state index in [4.69, 9.17) is 0 Å². The van der Waals surface area contributed by atoms with Crippen LogP contribution in [-0.4, -0.2) is 28.0 Å². The molecule has 5 nitrogen and oxygen atoms in total. The molecule has 3 rings (SSSR count). The number of benzene rings is 2. The molecule has 0 bridgehead atoms. The van der Waals surface area contributed by atoms with E-state index in [2.05, 4.69) is 10.3 Å². The number of hydrogen-bond donors (Lipinski definition) is 2. The molecule has 0 unspecified atom stereocenters. The number of alkyl halides is 3. The summed E-state index contributed by atoms with van der Waals surface area (Å²) in [6.07, 6.45) is -4.70. The van der Waals surface area contributed by atoms with Crippen LogP contribution in [0, 0.1) is 0 Å². The number of para-hydroxylation sites is 1. The van der Waals surface area contributed by atoms with Crippen molar-refractivity contribution >= 4 is 22.8 Å². The van der Waals surface area contributed by atoms with Crippen LogP contribution < -0.4 is 5.32 Å². The van der Waals surface area contributed by atoms with E-state index in [0.29, 0.717) is 16.8 Å². The van der Waals surface area contributed by atoms with Gasteiger partial charge in [-0.05, 0) is 29.8 Å². The van der Waals surface area contributed by atoms with Gasteiger partial charge in [0.2, 0.25) is 5.91 Å². The molecule has 0 aliphatic heterocycles. The van der Waals surface area contributed by atoms with Gasteiger partial charge in [-0.3, -0.25) is 9.78 Å². The molecule has 0 saturated heterocycles. The third-order valence-corrected chi connectivity index (χ3v) is 4.35. The number of aromatic nitrogens is 1. The molecule has 1 amide bonds. The molecule has 150 valence electrons. The monoisotopic (exact) mass is 402 g/mol. The van der Waals surface area contributed by atoms with E-state index in [0.717, 1.165) is 17.5 Å². The Balaban J connectivity index is 1.66. The van der Waals surface area contributed by atoms with Crippen LogP contribution in [0.15, 0.2) is 60.7 Å². The number of hydrogen-bond acceptors (Lipinski definition) is 3. The summed E-state index contributed by atoms with van der Waals surface area (Å²) in [7, 11) is 0. The quantitative estimate of drug-likeness (QED) is 0.660. The molecule has 0 aliphatic rings. The van der Waals surface area contributed by atoms with Gasteiger partial charge >= 0.3 is 12.1 Å². The van der Waals surface area contributed by atoms with Crippen LogP contribution in [-0.2, 0) is 28.6 Å².